The van der Waals surface area contributed by atoms with Crippen LogP contribution in [-0.2, 0) is 0 Å². The molecule has 0 fully saturated rings. The lowest BCUT2D eigenvalue weighted by molar-refractivity contribution is 0.598. The van der Waals surface area contributed by atoms with Gasteiger partial charge in [-0.1, -0.05) is 23.8 Å². The summed E-state index contributed by atoms with van der Waals surface area (Å²) in [5.41, 5.74) is 4.15. The van der Waals surface area contributed by atoms with Crippen molar-refractivity contribution in [2.24, 2.45) is 0 Å². The van der Waals surface area contributed by atoms with E-state index in [-0.39, 0.29) is 0 Å². The second-order valence-corrected chi connectivity index (χ2v) is 5.01. The van der Waals surface area contributed by atoms with E-state index in [9.17, 15) is 0 Å². The summed E-state index contributed by atoms with van der Waals surface area (Å²) in [7, 11) is 0. The van der Waals surface area contributed by atoms with Crippen LogP contribution in [0.5, 0.6) is 0 Å². The van der Waals surface area contributed by atoms with E-state index in [1.165, 1.54) is 22.4 Å². The van der Waals surface area contributed by atoms with Gasteiger partial charge in [0.1, 0.15) is 0 Å². The highest BCUT2D eigenvalue weighted by Crippen LogP contribution is 2.18. The van der Waals surface area contributed by atoms with Crippen molar-refractivity contribution < 1.29 is 0 Å². The monoisotopic (exact) mass is 223 g/mol. The topological polar surface area (TPSA) is 12.0 Å². The fraction of sp³-hybridized carbons (Fsp3) is 0.538. The normalized spacial score (nSPS) is 12.8. The van der Waals surface area contributed by atoms with Crippen LogP contribution in [0.3, 0.4) is 0 Å². The fourth-order valence-corrected chi connectivity index (χ4v) is 2.12. The molecular weight excluding hydrogens is 202 g/mol. The predicted octanol–water partition coefficient (Wildman–Crippen LogP) is 3.32. The van der Waals surface area contributed by atoms with Gasteiger partial charge in [0.05, 0.1) is 0 Å². The lowest BCUT2D eigenvalue weighted by atomic mass is 10.0. The van der Waals surface area contributed by atoms with Crippen LogP contribution < -0.4 is 5.32 Å². The third-order valence-electron chi connectivity index (χ3n) is 2.65. The SMILES string of the molecule is CSCCNC(C)c1ccc(C)cc1C. The molecule has 1 aromatic carbocycles. The zero-order valence-corrected chi connectivity index (χ0v) is 10.9. The van der Waals surface area contributed by atoms with Gasteiger partial charge < -0.3 is 5.32 Å². The zero-order chi connectivity index (χ0) is 11.3. The van der Waals surface area contributed by atoms with Gasteiger partial charge in [-0.15, -0.1) is 0 Å². The molecule has 0 amide bonds. The summed E-state index contributed by atoms with van der Waals surface area (Å²) < 4.78 is 0. The quantitative estimate of drug-likeness (QED) is 0.769. The average molecular weight is 223 g/mol. The van der Waals surface area contributed by atoms with Crippen LogP contribution in [0.1, 0.15) is 29.7 Å². The molecule has 0 radical (unpaired) electrons. The van der Waals surface area contributed by atoms with Crippen LogP contribution in [-0.4, -0.2) is 18.6 Å². The van der Waals surface area contributed by atoms with E-state index < -0.39 is 0 Å². The second kappa shape index (κ2) is 6.19. The molecule has 1 aromatic rings. The van der Waals surface area contributed by atoms with Crippen molar-refractivity contribution in [3.8, 4) is 0 Å². The maximum Gasteiger partial charge on any atom is 0.0294 e. The summed E-state index contributed by atoms with van der Waals surface area (Å²) in [4.78, 5) is 0. The Hall–Kier alpha value is -0.470. The van der Waals surface area contributed by atoms with Gasteiger partial charge in [0, 0.05) is 18.3 Å². The van der Waals surface area contributed by atoms with Crippen molar-refractivity contribution in [3.63, 3.8) is 0 Å². The minimum atomic E-state index is 0.456. The highest BCUT2D eigenvalue weighted by atomic mass is 32.2. The van der Waals surface area contributed by atoms with Crippen molar-refractivity contribution >= 4 is 11.8 Å². The molecule has 0 aliphatic carbocycles. The maximum atomic E-state index is 3.54. The Balaban J connectivity index is 2.61. The third-order valence-corrected chi connectivity index (χ3v) is 3.26. The number of aryl methyl sites for hydroxylation is 2. The molecule has 1 unspecified atom stereocenters. The van der Waals surface area contributed by atoms with E-state index >= 15 is 0 Å². The Morgan fingerprint density at radius 2 is 2.07 bits per heavy atom. The van der Waals surface area contributed by atoms with Gasteiger partial charge in [-0.2, -0.15) is 11.8 Å². The van der Waals surface area contributed by atoms with E-state index in [0.717, 1.165) is 6.54 Å². The number of benzene rings is 1. The minimum Gasteiger partial charge on any atom is -0.309 e. The van der Waals surface area contributed by atoms with E-state index in [1.807, 2.05) is 11.8 Å². The fourth-order valence-electron chi connectivity index (χ4n) is 1.80. The molecule has 1 atom stereocenters. The Kier molecular flexibility index (Phi) is 5.20. The number of nitrogens with one attached hydrogen (secondary N) is 1. The van der Waals surface area contributed by atoms with Gasteiger partial charge in [0.25, 0.3) is 0 Å². The number of rotatable bonds is 5. The molecule has 0 aromatic heterocycles. The highest BCUT2D eigenvalue weighted by Gasteiger charge is 2.06. The Bertz CT molecular complexity index is 309. The van der Waals surface area contributed by atoms with Crippen LogP contribution in [0.15, 0.2) is 18.2 Å². The standard InChI is InChI=1S/C13H21NS/c1-10-5-6-13(11(2)9-10)12(3)14-7-8-15-4/h5-6,9,12,14H,7-8H2,1-4H3. The van der Waals surface area contributed by atoms with Crippen molar-refractivity contribution in [2.75, 3.05) is 18.6 Å². The van der Waals surface area contributed by atoms with Crippen LogP contribution in [0, 0.1) is 13.8 Å². The molecule has 0 heterocycles. The molecule has 0 aliphatic rings. The lowest BCUT2D eigenvalue weighted by Gasteiger charge is -2.16. The van der Waals surface area contributed by atoms with Gasteiger partial charge in [-0.25, -0.2) is 0 Å². The van der Waals surface area contributed by atoms with Crippen LogP contribution >= 0.6 is 11.8 Å². The Labute approximate surface area is 97.7 Å². The first-order chi connectivity index (χ1) is 7.15. The molecule has 1 nitrogen and oxygen atoms in total. The molecule has 0 spiro atoms. The third kappa shape index (κ3) is 3.88. The number of hydrogen-bond acceptors (Lipinski definition) is 2. The molecule has 0 saturated heterocycles. The largest absolute Gasteiger partial charge is 0.309 e. The van der Waals surface area contributed by atoms with Crippen LogP contribution in [0.4, 0.5) is 0 Å². The summed E-state index contributed by atoms with van der Waals surface area (Å²) in [5.74, 6) is 1.18. The molecule has 0 bridgehead atoms. The summed E-state index contributed by atoms with van der Waals surface area (Å²) in [6.07, 6.45) is 2.14. The average Bonchev–Trinajstić information content (AvgIpc) is 2.17. The van der Waals surface area contributed by atoms with E-state index in [1.54, 1.807) is 0 Å². The number of hydrogen-bond donors (Lipinski definition) is 1. The van der Waals surface area contributed by atoms with Gasteiger partial charge in [0.15, 0.2) is 0 Å². The maximum absolute atomic E-state index is 3.54. The smallest absolute Gasteiger partial charge is 0.0294 e. The molecule has 1 N–H and O–H groups in total. The van der Waals surface area contributed by atoms with E-state index in [0.29, 0.717) is 6.04 Å². The Morgan fingerprint density at radius 3 is 2.67 bits per heavy atom. The van der Waals surface area contributed by atoms with Crippen molar-refractivity contribution in [1.82, 2.24) is 5.32 Å². The summed E-state index contributed by atoms with van der Waals surface area (Å²) in [5, 5.41) is 3.54. The van der Waals surface area contributed by atoms with Gasteiger partial charge in [-0.3, -0.25) is 0 Å². The van der Waals surface area contributed by atoms with Crippen molar-refractivity contribution in [1.29, 1.82) is 0 Å². The molecular formula is C13H21NS. The zero-order valence-electron chi connectivity index (χ0n) is 10.1. The molecule has 84 valence electrons. The molecule has 2 heteroatoms. The molecule has 0 aliphatic heterocycles. The Morgan fingerprint density at radius 1 is 1.33 bits per heavy atom. The predicted molar refractivity (Wildman–Crippen MR) is 70.7 cm³/mol. The molecule has 15 heavy (non-hydrogen) atoms. The van der Waals surface area contributed by atoms with Crippen LogP contribution in [0.25, 0.3) is 0 Å². The van der Waals surface area contributed by atoms with E-state index in [2.05, 4.69) is 50.5 Å². The molecule has 0 saturated carbocycles. The minimum absolute atomic E-state index is 0.456. The first kappa shape index (κ1) is 12.6. The van der Waals surface area contributed by atoms with Gasteiger partial charge in [-0.05, 0) is 38.2 Å². The van der Waals surface area contributed by atoms with Crippen molar-refractivity contribution in [3.05, 3.63) is 34.9 Å². The highest BCUT2D eigenvalue weighted by molar-refractivity contribution is 7.98. The first-order valence-corrected chi connectivity index (χ1v) is 6.84. The summed E-state index contributed by atoms with van der Waals surface area (Å²) in [6.45, 7) is 7.64. The summed E-state index contributed by atoms with van der Waals surface area (Å²) >= 11 is 1.88. The van der Waals surface area contributed by atoms with Gasteiger partial charge in [0.2, 0.25) is 0 Å². The number of thioether (sulfide) groups is 1. The van der Waals surface area contributed by atoms with E-state index in [4.69, 9.17) is 0 Å². The van der Waals surface area contributed by atoms with Crippen molar-refractivity contribution in [2.45, 2.75) is 26.8 Å². The van der Waals surface area contributed by atoms with Gasteiger partial charge >= 0.3 is 0 Å². The summed E-state index contributed by atoms with van der Waals surface area (Å²) in [6, 6.07) is 7.14. The van der Waals surface area contributed by atoms with Crippen LogP contribution in [0.2, 0.25) is 0 Å². The second-order valence-electron chi connectivity index (χ2n) is 4.03. The molecule has 1 rings (SSSR count). The lowest BCUT2D eigenvalue weighted by Crippen LogP contribution is -2.21. The first-order valence-electron chi connectivity index (χ1n) is 5.44.